The van der Waals surface area contributed by atoms with Crippen LogP contribution >= 0.6 is 0 Å². The van der Waals surface area contributed by atoms with Crippen molar-refractivity contribution in [1.29, 1.82) is 0 Å². The highest BCUT2D eigenvalue weighted by Crippen LogP contribution is 2.23. The quantitative estimate of drug-likeness (QED) is 0.526. The number of hydrogen-bond acceptors (Lipinski definition) is 7. The molecule has 0 aliphatic rings. The number of rotatable bonds is 5. The van der Waals surface area contributed by atoms with E-state index < -0.39 is 11.9 Å². The maximum Gasteiger partial charge on any atom is 0.337 e. The van der Waals surface area contributed by atoms with Crippen LogP contribution in [0.2, 0.25) is 0 Å². The Hall–Kier alpha value is -4.01. The number of methoxy groups -OCH3 is 2. The molecule has 0 saturated heterocycles. The van der Waals surface area contributed by atoms with Crippen molar-refractivity contribution in [3.05, 3.63) is 75.7 Å². The predicted molar refractivity (Wildman–Crippen MR) is 104 cm³/mol. The second kappa shape index (κ2) is 8.34. The van der Waals surface area contributed by atoms with Crippen LogP contribution in [-0.4, -0.2) is 35.9 Å². The van der Waals surface area contributed by atoms with Gasteiger partial charge in [0, 0.05) is 0 Å². The fraction of sp³-hybridized carbons (Fsp3) is 0.150. The molecule has 3 rings (SSSR count). The van der Waals surface area contributed by atoms with Gasteiger partial charge in [-0.1, -0.05) is 18.2 Å². The number of hydrogen-bond donors (Lipinski definition) is 1. The van der Waals surface area contributed by atoms with Crippen molar-refractivity contribution in [2.45, 2.75) is 6.92 Å². The molecular formula is C20H18N4O5. The summed E-state index contributed by atoms with van der Waals surface area (Å²) in [6, 6.07) is 13.2. The van der Waals surface area contributed by atoms with E-state index in [2.05, 4.69) is 15.3 Å². The highest BCUT2D eigenvalue weighted by Gasteiger charge is 2.15. The normalized spacial score (nSPS) is 10.9. The monoisotopic (exact) mass is 394 g/mol. The average molecular weight is 394 g/mol. The summed E-state index contributed by atoms with van der Waals surface area (Å²) in [7, 11) is 2.45. The van der Waals surface area contributed by atoms with Crippen LogP contribution in [-0.2, 0) is 9.47 Å². The van der Waals surface area contributed by atoms with E-state index in [0.717, 1.165) is 0 Å². The lowest BCUT2D eigenvalue weighted by Gasteiger charge is -2.04. The van der Waals surface area contributed by atoms with E-state index in [-0.39, 0.29) is 28.1 Å². The lowest BCUT2D eigenvalue weighted by Crippen LogP contribution is -2.13. The molecule has 29 heavy (non-hydrogen) atoms. The van der Waals surface area contributed by atoms with Gasteiger partial charge in [0.15, 0.2) is 5.69 Å². The molecule has 0 unspecified atom stereocenters. The molecule has 0 bridgehead atoms. The fourth-order valence-corrected chi connectivity index (χ4v) is 2.66. The molecule has 148 valence electrons. The molecule has 9 heteroatoms. The Kier molecular flexibility index (Phi) is 5.68. The molecule has 0 amide bonds. The van der Waals surface area contributed by atoms with Crippen molar-refractivity contribution in [3.63, 3.8) is 0 Å². The van der Waals surface area contributed by atoms with Gasteiger partial charge in [-0.25, -0.2) is 14.3 Å². The number of H-pyrrole nitrogens is 1. The van der Waals surface area contributed by atoms with Gasteiger partial charge in [-0.3, -0.25) is 9.89 Å². The SMILES string of the molecule is COC(=O)c1cc(N=Nc2c(C)[nH]n(-c3ccccc3)c2=O)cc(C(=O)OC)c1. The molecule has 0 saturated carbocycles. The van der Waals surface area contributed by atoms with E-state index in [9.17, 15) is 14.4 Å². The second-order valence-electron chi connectivity index (χ2n) is 6.01. The number of para-hydroxylation sites is 1. The Morgan fingerprint density at radius 3 is 2.07 bits per heavy atom. The molecule has 0 spiro atoms. The van der Waals surface area contributed by atoms with Gasteiger partial charge in [-0.15, -0.1) is 5.11 Å². The number of carbonyl (C=O) groups is 2. The minimum atomic E-state index is -0.642. The number of azo groups is 1. The molecule has 9 nitrogen and oxygen atoms in total. The summed E-state index contributed by atoms with van der Waals surface area (Å²) in [4.78, 5) is 36.4. The average Bonchev–Trinajstić information content (AvgIpc) is 3.04. The van der Waals surface area contributed by atoms with Crippen LogP contribution in [0.15, 0.2) is 63.6 Å². The van der Waals surface area contributed by atoms with E-state index in [1.54, 1.807) is 19.1 Å². The van der Waals surface area contributed by atoms with E-state index in [0.29, 0.717) is 11.4 Å². The summed E-state index contributed by atoms with van der Waals surface area (Å²) in [5, 5.41) is 11.0. The van der Waals surface area contributed by atoms with Crippen LogP contribution in [0.5, 0.6) is 0 Å². The predicted octanol–water partition coefficient (Wildman–Crippen LogP) is 3.46. The van der Waals surface area contributed by atoms with E-state index >= 15 is 0 Å². The molecule has 2 aromatic carbocycles. The smallest absolute Gasteiger partial charge is 0.337 e. The maximum absolute atomic E-state index is 12.7. The van der Waals surface area contributed by atoms with Crippen LogP contribution in [0.4, 0.5) is 11.4 Å². The number of nitrogens with one attached hydrogen (secondary N) is 1. The van der Waals surface area contributed by atoms with Gasteiger partial charge >= 0.3 is 11.9 Å². The number of carbonyl (C=O) groups excluding carboxylic acids is 2. The molecule has 1 heterocycles. The van der Waals surface area contributed by atoms with Crippen molar-refractivity contribution in [1.82, 2.24) is 9.78 Å². The number of ether oxygens (including phenoxy) is 2. The molecule has 1 N–H and O–H groups in total. The van der Waals surface area contributed by atoms with Crippen molar-refractivity contribution in [3.8, 4) is 5.69 Å². The zero-order valence-electron chi connectivity index (χ0n) is 16.0. The number of benzene rings is 2. The zero-order chi connectivity index (χ0) is 21.0. The minimum absolute atomic E-state index is 0.108. The Morgan fingerprint density at radius 1 is 0.931 bits per heavy atom. The first kappa shape index (κ1) is 19.7. The van der Waals surface area contributed by atoms with E-state index in [1.165, 1.54) is 37.1 Å². The number of aromatic nitrogens is 2. The first-order valence-electron chi connectivity index (χ1n) is 8.55. The topological polar surface area (TPSA) is 115 Å². The maximum atomic E-state index is 12.7. The molecular weight excluding hydrogens is 376 g/mol. The summed E-state index contributed by atoms with van der Waals surface area (Å²) in [6.45, 7) is 1.69. The summed E-state index contributed by atoms with van der Waals surface area (Å²) < 4.78 is 10.7. The highest BCUT2D eigenvalue weighted by atomic mass is 16.5. The molecule has 3 aromatic rings. The van der Waals surface area contributed by atoms with Gasteiger partial charge in [0.2, 0.25) is 0 Å². The van der Waals surface area contributed by atoms with Gasteiger partial charge < -0.3 is 9.47 Å². The summed E-state index contributed by atoms with van der Waals surface area (Å²) in [6.07, 6.45) is 0. The number of nitrogens with zero attached hydrogens (tertiary/aromatic N) is 3. The third kappa shape index (κ3) is 4.13. The molecule has 0 fully saturated rings. The van der Waals surface area contributed by atoms with Gasteiger partial charge in [0.05, 0.1) is 42.4 Å². The lowest BCUT2D eigenvalue weighted by molar-refractivity contribution is 0.0599. The molecule has 1 aromatic heterocycles. The van der Waals surface area contributed by atoms with Crippen molar-refractivity contribution >= 4 is 23.3 Å². The largest absolute Gasteiger partial charge is 0.465 e. The first-order chi connectivity index (χ1) is 13.9. The molecule has 0 aliphatic heterocycles. The van der Waals surface area contributed by atoms with Crippen LogP contribution in [0.3, 0.4) is 0 Å². The van der Waals surface area contributed by atoms with Gasteiger partial charge in [0.25, 0.3) is 5.56 Å². The fourth-order valence-electron chi connectivity index (χ4n) is 2.66. The van der Waals surface area contributed by atoms with Crippen LogP contribution in [0.25, 0.3) is 5.69 Å². The van der Waals surface area contributed by atoms with Gasteiger partial charge in [-0.05, 0) is 37.3 Å². The Morgan fingerprint density at radius 2 is 1.52 bits per heavy atom. The van der Waals surface area contributed by atoms with Crippen molar-refractivity contribution < 1.29 is 19.1 Å². The number of aryl methyl sites for hydroxylation is 1. The second-order valence-corrected chi connectivity index (χ2v) is 6.01. The molecule has 0 radical (unpaired) electrons. The van der Waals surface area contributed by atoms with Crippen molar-refractivity contribution in [2.24, 2.45) is 10.2 Å². The van der Waals surface area contributed by atoms with Crippen LogP contribution in [0, 0.1) is 6.92 Å². The number of esters is 2. The third-order valence-corrected chi connectivity index (χ3v) is 4.08. The highest BCUT2D eigenvalue weighted by molar-refractivity contribution is 5.96. The van der Waals surface area contributed by atoms with E-state index in [1.807, 2.05) is 18.2 Å². The Bertz CT molecular complexity index is 1110. The molecule has 0 atom stereocenters. The third-order valence-electron chi connectivity index (χ3n) is 4.08. The van der Waals surface area contributed by atoms with Crippen LogP contribution in [0.1, 0.15) is 26.4 Å². The Labute approximate surface area is 165 Å². The molecule has 0 aliphatic carbocycles. The Balaban J connectivity index is 2.02. The van der Waals surface area contributed by atoms with Crippen molar-refractivity contribution in [2.75, 3.05) is 14.2 Å². The first-order valence-corrected chi connectivity index (χ1v) is 8.55. The lowest BCUT2D eigenvalue weighted by atomic mass is 10.1. The summed E-state index contributed by atoms with van der Waals surface area (Å²) in [5.41, 5.74) is 1.31. The zero-order valence-corrected chi connectivity index (χ0v) is 16.0. The standard InChI is InChI=1S/C20H18N4O5/c1-12-17(18(25)24(23-12)16-7-5-4-6-8-16)22-21-15-10-13(19(26)28-2)9-14(11-15)20(27)29-3/h4-11,23H,1-3H3. The van der Waals surface area contributed by atoms with Gasteiger partial charge in [-0.2, -0.15) is 5.11 Å². The van der Waals surface area contributed by atoms with E-state index in [4.69, 9.17) is 9.47 Å². The summed E-state index contributed by atoms with van der Waals surface area (Å²) in [5.74, 6) is -1.28. The minimum Gasteiger partial charge on any atom is -0.465 e. The van der Waals surface area contributed by atoms with Crippen LogP contribution < -0.4 is 5.56 Å². The number of aromatic amines is 1. The van der Waals surface area contributed by atoms with Gasteiger partial charge in [0.1, 0.15) is 0 Å². The summed E-state index contributed by atoms with van der Waals surface area (Å²) >= 11 is 0.